The third-order valence-electron chi connectivity index (χ3n) is 4.88. The number of anilines is 1. The van der Waals surface area contributed by atoms with E-state index in [2.05, 4.69) is 5.32 Å². The summed E-state index contributed by atoms with van der Waals surface area (Å²) in [6.45, 7) is 5.26. The van der Waals surface area contributed by atoms with Crippen LogP contribution >= 0.6 is 0 Å². The summed E-state index contributed by atoms with van der Waals surface area (Å²) in [4.78, 5) is 12.6. The van der Waals surface area contributed by atoms with Crippen LogP contribution in [-0.2, 0) is 26.0 Å². The van der Waals surface area contributed by atoms with Crippen molar-refractivity contribution >= 4 is 21.6 Å². The normalized spacial score (nSPS) is 15.1. The molecule has 1 saturated heterocycles. The van der Waals surface area contributed by atoms with Crippen LogP contribution in [0.1, 0.15) is 16.7 Å². The molecule has 0 aliphatic carbocycles. The Morgan fingerprint density at radius 3 is 2.52 bits per heavy atom. The molecule has 2 aromatic carbocycles. The Kier molecular flexibility index (Phi) is 6.56. The lowest BCUT2D eigenvalue weighted by Crippen LogP contribution is -2.40. The summed E-state index contributed by atoms with van der Waals surface area (Å²) in [5.74, 6) is 0.0284. The molecule has 156 valence electrons. The number of benzene rings is 2. The fourth-order valence-electron chi connectivity index (χ4n) is 3.30. The Hall–Kier alpha value is -2.42. The Bertz CT molecular complexity index is 998. The molecule has 3 rings (SSSR count). The van der Waals surface area contributed by atoms with Crippen LogP contribution in [0.5, 0.6) is 5.75 Å². The number of sulfonamides is 1. The van der Waals surface area contributed by atoms with Gasteiger partial charge in [0.15, 0.2) is 0 Å². The number of amides is 1. The standard InChI is InChI=1S/C21H26N2O5S/c1-15-4-5-17(16(2)12-15)13-21(24)22-18-6-7-19(27-3)20(14-18)29(25,26)23-8-10-28-11-9-23/h4-7,12,14H,8-11,13H2,1-3H3,(H,22,24). The molecule has 1 amide bonds. The molecule has 0 unspecified atom stereocenters. The van der Waals surface area contributed by atoms with Gasteiger partial charge in [-0.2, -0.15) is 4.31 Å². The van der Waals surface area contributed by atoms with Gasteiger partial charge in [-0.25, -0.2) is 8.42 Å². The molecule has 0 aromatic heterocycles. The van der Waals surface area contributed by atoms with Gasteiger partial charge in [-0.15, -0.1) is 0 Å². The first kappa shape index (κ1) is 21.3. The van der Waals surface area contributed by atoms with Gasteiger partial charge >= 0.3 is 0 Å². The average Bonchev–Trinajstić information content (AvgIpc) is 2.70. The minimum absolute atomic E-state index is 0.0335. The third-order valence-corrected chi connectivity index (χ3v) is 6.80. The first-order chi connectivity index (χ1) is 13.8. The molecule has 0 saturated carbocycles. The molecular weight excluding hydrogens is 392 g/mol. The van der Waals surface area contributed by atoms with Gasteiger partial charge in [0.1, 0.15) is 10.6 Å². The van der Waals surface area contributed by atoms with E-state index < -0.39 is 10.0 Å². The summed E-state index contributed by atoms with van der Waals surface area (Å²) in [5.41, 5.74) is 3.53. The van der Waals surface area contributed by atoms with E-state index >= 15 is 0 Å². The third kappa shape index (κ3) is 4.95. The first-order valence-corrected chi connectivity index (χ1v) is 10.9. The number of aryl methyl sites for hydroxylation is 2. The minimum atomic E-state index is -3.76. The lowest BCUT2D eigenvalue weighted by atomic mass is 10.0. The number of hydrogen-bond donors (Lipinski definition) is 1. The maximum absolute atomic E-state index is 13.1. The fraction of sp³-hybridized carbons (Fsp3) is 0.381. The lowest BCUT2D eigenvalue weighted by molar-refractivity contribution is -0.115. The highest BCUT2D eigenvalue weighted by molar-refractivity contribution is 7.89. The zero-order valence-electron chi connectivity index (χ0n) is 16.9. The van der Waals surface area contributed by atoms with Gasteiger partial charge in [0, 0.05) is 18.8 Å². The van der Waals surface area contributed by atoms with Gasteiger partial charge in [0.05, 0.1) is 26.7 Å². The summed E-state index contributed by atoms with van der Waals surface area (Å²) < 4.78 is 38.0. The molecule has 1 aliphatic rings. The number of rotatable bonds is 6. The van der Waals surface area contributed by atoms with Crippen LogP contribution < -0.4 is 10.1 Å². The van der Waals surface area contributed by atoms with Crippen molar-refractivity contribution in [3.05, 3.63) is 53.1 Å². The summed E-state index contributed by atoms with van der Waals surface area (Å²) in [5, 5.41) is 2.80. The van der Waals surface area contributed by atoms with Crippen molar-refractivity contribution in [2.24, 2.45) is 0 Å². The van der Waals surface area contributed by atoms with Gasteiger partial charge in [0.25, 0.3) is 0 Å². The van der Waals surface area contributed by atoms with E-state index in [1.54, 1.807) is 12.1 Å². The molecule has 0 atom stereocenters. The molecule has 0 radical (unpaired) electrons. The van der Waals surface area contributed by atoms with Crippen LogP contribution in [0.4, 0.5) is 5.69 Å². The van der Waals surface area contributed by atoms with Crippen LogP contribution in [0.25, 0.3) is 0 Å². The summed E-state index contributed by atoms with van der Waals surface area (Å²) in [7, 11) is -2.33. The second kappa shape index (κ2) is 8.94. The maximum Gasteiger partial charge on any atom is 0.246 e. The van der Waals surface area contributed by atoms with E-state index in [-0.39, 0.29) is 36.1 Å². The van der Waals surface area contributed by atoms with E-state index in [9.17, 15) is 13.2 Å². The number of carbonyl (C=O) groups excluding carboxylic acids is 1. The van der Waals surface area contributed by atoms with Gasteiger partial charge < -0.3 is 14.8 Å². The van der Waals surface area contributed by atoms with Crippen molar-refractivity contribution in [1.29, 1.82) is 0 Å². The zero-order valence-corrected chi connectivity index (χ0v) is 17.7. The average molecular weight is 419 g/mol. The zero-order chi connectivity index (χ0) is 21.0. The molecule has 29 heavy (non-hydrogen) atoms. The number of morpholine rings is 1. The number of hydrogen-bond acceptors (Lipinski definition) is 5. The second-order valence-corrected chi connectivity index (χ2v) is 8.94. The molecule has 8 heteroatoms. The molecule has 7 nitrogen and oxygen atoms in total. The largest absolute Gasteiger partial charge is 0.495 e. The van der Waals surface area contributed by atoms with Crippen LogP contribution in [0, 0.1) is 13.8 Å². The molecule has 0 bridgehead atoms. The van der Waals surface area contributed by atoms with Crippen LogP contribution in [0.3, 0.4) is 0 Å². The molecule has 1 N–H and O–H groups in total. The Morgan fingerprint density at radius 2 is 1.86 bits per heavy atom. The van der Waals surface area contributed by atoms with E-state index in [0.29, 0.717) is 18.9 Å². The van der Waals surface area contributed by atoms with E-state index in [0.717, 1.165) is 16.7 Å². The quantitative estimate of drug-likeness (QED) is 0.779. The van der Waals surface area contributed by atoms with Crippen molar-refractivity contribution in [2.45, 2.75) is 25.2 Å². The van der Waals surface area contributed by atoms with Crippen molar-refractivity contribution in [3.63, 3.8) is 0 Å². The monoisotopic (exact) mass is 418 g/mol. The van der Waals surface area contributed by atoms with Crippen molar-refractivity contribution in [3.8, 4) is 5.75 Å². The SMILES string of the molecule is COc1ccc(NC(=O)Cc2ccc(C)cc2C)cc1S(=O)(=O)N1CCOCC1. The topological polar surface area (TPSA) is 84.9 Å². The highest BCUT2D eigenvalue weighted by atomic mass is 32.2. The van der Waals surface area contributed by atoms with E-state index in [1.807, 2.05) is 32.0 Å². The number of ether oxygens (including phenoxy) is 2. The van der Waals surface area contributed by atoms with Gasteiger partial charge in [-0.05, 0) is 43.2 Å². The summed E-state index contributed by atoms with van der Waals surface area (Å²) in [6, 6.07) is 10.6. The predicted molar refractivity (Wildman–Crippen MR) is 111 cm³/mol. The van der Waals surface area contributed by atoms with Crippen LogP contribution in [0.2, 0.25) is 0 Å². The van der Waals surface area contributed by atoms with E-state index in [4.69, 9.17) is 9.47 Å². The Morgan fingerprint density at radius 1 is 1.14 bits per heavy atom. The molecular formula is C21H26N2O5S. The predicted octanol–water partition coefficient (Wildman–Crippen LogP) is 2.51. The number of nitrogens with one attached hydrogen (secondary N) is 1. The highest BCUT2D eigenvalue weighted by Gasteiger charge is 2.29. The van der Waals surface area contributed by atoms with Gasteiger partial charge in [0.2, 0.25) is 15.9 Å². The minimum Gasteiger partial charge on any atom is -0.495 e. The lowest BCUT2D eigenvalue weighted by Gasteiger charge is -2.26. The summed E-state index contributed by atoms with van der Waals surface area (Å²) in [6.07, 6.45) is 0.212. The molecule has 0 spiro atoms. The van der Waals surface area contributed by atoms with Gasteiger partial charge in [-0.1, -0.05) is 23.8 Å². The van der Waals surface area contributed by atoms with Crippen molar-refractivity contribution in [1.82, 2.24) is 4.31 Å². The maximum atomic E-state index is 13.1. The second-order valence-electron chi connectivity index (χ2n) is 7.04. The van der Waals surface area contributed by atoms with Crippen molar-refractivity contribution in [2.75, 3.05) is 38.7 Å². The van der Waals surface area contributed by atoms with Crippen molar-refractivity contribution < 1.29 is 22.7 Å². The summed E-state index contributed by atoms with van der Waals surface area (Å²) >= 11 is 0. The van der Waals surface area contributed by atoms with Gasteiger partial charge in [-0.3, -0.25) is 4.79 Å². The van der Waals surface area contributed by atoms with Crippen LogP contribution in [0.15, 0.2) is 41.3 Å². The molecule has 1 heterocycles. The number of carbonyl (C=O) groups is 1. The van der Waals surface area contributed by atoms with E-state index in [1.165, 1.54) is 17.5 Å². The van der Waals surface area contributed by atoms with Crippen LogP contribution in [-0.4, -0.2) is 52.0 Å². The highest BCUT2D eigenvalue weighted by Crippen LogP contribution is 2.30. The smallest absolute Gasteiger partial charge is 0.246 e. The Balaban J connectivity index is 1.81. The Labute approximate surface area is 171 Å². The molecule has 1 fully saturated rings. The fourth-order valence-corrected chi connectivity index (χ4v) is 4.89. The number of nitrogens with zero attached hydrogens (tertiary/aromatic N) is 1. The first-order valence-electron chi connectivity index (χ1n) is 9.43. The molecule has 1 aliphatic heterocycles. The number of methoxy groups -OCH3 is 1. The molecule has 2 aromatic rings.